The second-order valence-corrected chi connectivity index (χ2v) is 22.7. The first-order valence-corrected chi connectivity index (χ1v) is 29.9. The van der Waals surface area contributed by atoms with Gasteiger partial charge in [-0.3, -0.25) is 0 Å². The van der Waals surface area contributed by atoms with Crippen molar-refractivity contribution in [1.29, 1.82) is 0 Å². The molecular weight excluding hydrogens is 1070 g/mol. The van der Waals surface area contributed by atoms with Crippen molar-refractivity contribution in [3.8, 4) is 79.2 Å². The number of hydrogen-bond acceptors (Lipinski definition) is 3. The lowest BCUT2D eigenvalue weighted by Crippen LogP contribution is -2.03. The summed E-state index contributed by atoms with van der Waals surface area (Å²) in [6.45, 7) is 0. The molecule has 0 saturated carbocycles. The Kier molecular flexibility index (Phi) is 11.2. The minimum atomic E-state index is 0.576. The van der Waals surface area contributed by atoms with Gasteiger partial charge in [0, 0.05) is 82.5 Å². The zero-order chi connectivity index (χ0) is 57.8. The van der Waals surface area contributed by atoms with Crippen LogP contribution in [0, 0.1) is 0 Å². The Hall–Kier alpha value is -11.9. The summed E-state index contributed by atoms with van der Waals surface area (Å²) < 4.78 is 9.65. The number of fused-ring (bicyclic) bond motifs is 12. The largest absolute Gasteiger partial charge is 0.309 e. The van der Waals surface area contributed by atoms with E-state index in [0.717, 1.165) is 94.2 Å². The van der Waals surface area contributed by atoms with E-state index in [4.69, 9.17) is 15.0 Å². The third-order valence-electron chi connectivity index (χ3n) is 17.8. The fourth-order valence-corrected chi connectivity index (χ4v) is 14.0. The monoisotopic (exact) mass is 1120 g/mol. The van der Waals surface area contributed by atoms with Crippen LogP contribution in [0.5, 0.6) is 0 Å². The second-order valence-electron chi connectivity index (χ2n) is 22.7. The molecule has 0 amide bonds. The fraction of sp³-hybridized carbons (Fsp3) is 0. The molecule has 88 heavy (non-hydrogen) atoms. The van der Waals surface area contributed by atoms with Gasteiger partial charge in [-0.2, -0.15) is 0 Å². The van der Waals surface area contributed by atoms with Crippen LogP contribution in [0.15, 0.2) is 309 Å². The van der Waals surface area contributed by atoms with E-state index in [1.807, 2.05) is 36.4 Å². The standard InChI is InChI=1S/C81H51N7/c1-5-23-52(24-6-1)79-82-80(53-25-7-2-8-26-53)84-81(83-79)56-47-59(87-69-37-17-13-31-63(69)67-49-54(43-45-73(67)87)61-35-21-41-75-77(61)65-33-15-19-39-71(65)85(75)57-27-9-3-10-28-57)51-60(48-56)88-70-38-18-14-32-64(70)68-50-55(44-46-74(68)88)62-36-22-42-76-78(62)66-34-16-20-40-72(66)86(76)58-29-11-4-12-30-58/h1-51H. The zero-order valence-electron chi connectivity index (χ0n) is 47.6. The smallest absolute Gasteiger partial charge is 0.164 e. The number of nitrogens with zero attached hydrogens (tertiary/aromatic N) is 7. The van der Waals surface area contributed by atoms with Crippen molar-refractivity contribution in [3.63, 3.8) is 0 Å². The third kappa shape index (κ3) is 7.74. The lowest BCUT2D eigenvalue weighted by molar-refractivity contribution is 1.07. The first-order valence-electron chi connectivity index (χ1n) is 29.9. The van der Waals surface area contributed by atoms with E-state index in [0.29, 0.717) is 17.5 Å². The van der Waals surface area contributed by atoms with Gasteiger partial charge in [-0.1, -0.05) is 206 Å². The molecule has 18 rings (SSSR count). The van der Waals surface area contributed by atoms with Crippen LogP contribution < -0.4 is 0 Å². The van der Waals surface area contributed by atoms with E-state index in [-0.39, 0.29) is 0 Å². The Morgan fingerprint density at radius 1 is 0.182 bits per heavy atom. The zero-order valence-corrected chi connectivity index (χ0v) is 47.6. The highest BCUT2D eigenvalue weighted by Gasteiger charge is 2.23. The summed E-state index contributed by atoms with van der Waals surface area (Å²) in [7, 11) is 0. The maximum atomic E-state index is 5.37. The Bertz CT molecular complexity index is 5440. The van der Waals surface area contributed by atoms with Gasteiger partial charge in [-0.25, -0.2) is 15.0 Å². The van der Waals surface area contributed by atoms with Crippen molar-refractivity contribution < 1.29 is 0 Å². The quantitative estimate of drug-likeness (QED) is 0.145. The highest BCUT2D eigenvalue weighted by molar-refractivity contribution is 6.19. The number of aromatic nitrogens is 7. The molecule has 0 radical (unpaired) electrons. The first kappa shape index (κ1) is 49.5. The third-order valence-corrected chi connectivity index (χ3v) is 17.8. The van der Waals surface area contributed by atoms with Crippen molar-refractivity contribution in [3.05, 3.63) is 309 Å². The van der Waals surface area contributed by atoms with Crippen molar-refractivity contribution in [2.75, 3.05) is 0 Å². The van der Waals surface area contributed by atoms with Gasteiger partial charge in [0.2, 0.25) is 0 Å². The molecule has 0 saturated heterocycles. The van der Waals surface area contributed by atoms with Gasteiger partial charge in [0.15, 0.2) is 17.5 Å². The summed E-state index contributed by atoms with van der Waals surface area (Å²) in [5.41, 5.74) is 20.7. The van der Waals surface area contributed by atoms with Gasteiger partial charge in [0.05, 0.1) is 44.1 Å². The van der Waals surface area contributed by atoms with E-state index in [2.05, 4.69) is 291 Å². The Balaban J connectivity index is 0.873. The molecule has 410 valence electrons. The topological polar surface area (TPSA) is 58.4 Å². The van der Waals surface area contributed by atoms with Crippen LogP contribution in [0.25, 0.3) is 166 Å². The van der Waals surface area contributed by atoms with Crippen LogP contribution in [0.2, 0.25) is 0 Å². The summed E-state index contributed by atoms with van der Waals surface area (Å²) in [5.74, 6) is 1.79. The molecule has 7 nitrogen and oxygen atoms in total. The van der Waals surface area contributed by atoms with Crippen LogP contribution in [0.3, 0.4) is 0 Å². The molecule has 0 fully saturated rings. The summed E-state index contributed by atoms with van der Waals surface area (Å²) >= 11 is 0. The summed E-state index contributed by atoms with van der Waals surface area (Å²) in [4.78, 5) is 15.9. The van der Waals surface area contributed by atoms with Crippen LogP contribution in [-0.2, 0) is 0 Å². The summed E-state index contributed by atoms with van der Waals surface area (Å²) in [6.07, 6.45) is 0. The molecule has 5 aromatic heterocycles. The molecule has 0 unspecified atom stereocenters. The molecular formula is C81H51N7. The van der Waals surface area contributed by atoms with E-state index in [1.54, 1.807) is 0 Å². The number of benzene rings is 13. The Morgan fingerprint density at radius 3 is 0.920 bits per heavy atom. The lowest BCUT2D eigenvalue weighted by Gasteiger charge is -2.16. The van der Waals surface area contributed by atoms with E-state index >= 15 is 0 Å². The predicted molar refractivity (Wildman–Crippen MR) is 364 cm³/mol. The van der Waals surface area contributed by atoms with Gasteiger partial charge in [0.25, 0.3) is 0 Å². The first-order chi connectivity index (χ1) is 43.7. The molecule has 18 aromatic rings. The second kappa shape index (κ2) is 19.8. The Labute approximate surface area is 506 Å². The summed E-state index contributed by atoms with van der Waals surface area (Å²) in [5, 5.41) is 9.55. The van der Waals surface area contributed by atoms with Gasteiger partial charge >= 0.3 is 0 Å². The van der Waals surface area contributed by atoms with E-state index < -0.39 is 0 Å². The van der Waals surface area contributed by atoms with E-state index in [1.165, 1.54) is 54.7 Å². The molecule has 0 N–H and O–H groups in total. The number of hydrogen-bond donors (Lipinski definition) is 0. The van der Waals surface area contributed by atoms with Gasteiger partial charge in [0.1, 0.15) is 0 Å². The maximum Gasteiger partial charge on any atom is 0.164 e. The van der Waals surface area contributed by atoms with Crippen molar-refractivity contribution in [2.24, 2.45) is 0 Å². The minimum Gasteiger partial charge on any atom is -0.309 e. The fourth-order valence-electron chi connectivity index (χ4n) is 14.0. The number of para-hydroxylation sites is 6. The molecule has 7 heteroatoms. The minimum absolute atomic E-state index is 0.576. The molecule has 0 spiro atoms. The van der Waals surface area contributed by atoms with Gasteiger partial charge in [-0.15, -0.1) is 0 Å². The van der Waals surface area contributed by atoms with E-state index in [9.17, 15) is 0 Å². The van der Waals surface area contributed by atoms with Crippen LogP contribution in [-0.4, -0.2) is 33.2 Å². The average molecular weight is 1120 g/mol. The molecule has 0 atom stereocenters. The van der Waals surface area contributed by atoms with Crippen molar-refractivity contribution in [2.45, 2.75) is 0 Å². The normalized spacial score (nSPS) is 11.9. The average Bonchev–Trinajstić information content (AvgIpc) is 1.72. The Morgan fingerprint density at radius 2 is 0.500 bits per heavy atom. The molecule has 0 aliphatic heterocycles. The molecule has 0 aliphatic carbocycles. The maximum absolute atomic E-state index is 5.37. The SMILES string of the molecule is c1ccc(-c2nc(-c3ccccc3)nc(-c3cc(-n4c5ccccc5c5cc(-c6cccc7c6c6ccccc6n7-c6ccccc6)ccc54)cc(-n4c5ccccc5c5cc(-c6cccc7c6c6ccccc6n7-c6ccccc6)ccc54)c3)n2)cc1. The summed E-state index contributed by atoms with van der Waals surface area (Å²) in [6, 6.07) is 111. The van der Waals surface area contributed by atoms with Crippen LogP contribution >= 0.6 is 0 Å². The van der Waals surface area contributed by atoms with Gasteiger partial charge < -0.3 is 18.3 Å². The highest BCUT2D eigenvalue weighted by Crippen LogP contribution is 2.45. The molecule has 13 aromatic carbocycles. The number of rotatable bonds is 9. The van der Waals surface area contributed by atoms with Crippen LogP contribution in [0.4, 0.5) is 0 Å². The predicted octanol–water partition coefficient (Wildman–Crippen LogP) is 20.6. The van der Waals surface area contributed by atoms with Crippen LogP contribution in [0.1, 0.15) is 0 Å². The highest BCUT2D eigenvalue weighted by atomic mass is 15.1. The molecule has 0 aliphatic rings. The molecule has 0 bridgehead atoms. The lowest BCUT2D eigenvalue weighted by atomic mass is 9.98. The van der Waals surface area contributed by atoms with Gasteiger partial charge in [-0.05, 0) is 125 Å². The molecule has 5 heterocycles. The van der Waals surface area contributed by atoms with Crippen molar-refractivity contribution in [1.82, 2.24) is 33.2 Å². The van der Waals surface area contributed by atoms with Crippen molar-refractivity contribution >= 4 is 87.2 Å².